The zero-order valence-electron chi connectivity index (χ0n) is 30.3. The number of aromatic nitrogens is 3. The molecule has 0 aliphatic carbocycles. The summed E-state index contributed by atoms with van der Waals surface area (Å²) in [4.78, 5) is 10.3. The molecule has 0 aliphatic rings. The quantitative estimate of drug-likeness (QED) is 0.172. The largest absolute Gasteiger partial charge is 0.452 e. The maximum Gasteiger partial charge on any atom is 0.180 e. The molecule has 0 fully saturated rings. The predicted molar refractivity (Wildman–Crippen MR) is 231 cm³/mol. The van der Waals surface area contributed by atoms with Crippen LogP contribution in [0.1, 0.15) is 0 Å². The molecule has 4 nitrogen and oxygen atoms in total. The number of para-hydroxylation sites is 2. The Kier molecular flexibility index (Phi) is 7.46. The van der Waals surface area contributed by atoms with Crippen LogP contribution in [0.5, 0.6) is 0 Å². The van der Waals surface area contributed by atoms with Gasteiger partial charge in [0.25, 0.3) is 0 Å². The van der Waals surface area contributed by atoms with Crippen molar-refractivity contribution in [3.05, 3.63) is 200 Å². The van der Waals surface area contributed by atoms with Gasteiger partial charge in [0, 0.05) is 33.0 Å². The number of nitrogens with zero attached hydrogens (tertiary/aromatic N) is 3. The Morgan fingerprint density at radius 1 is 0.393 bits per heavy atom. The Bertz CT molecular complexity index is 3240. The van der Waals surface area contributed by atoms with Crippen molar-refractivity contribution in [2.75, 3.05) is 0 Å². The highest BCUT2D eigenvalue weighted by atomic mass is 16.3. The van der Waals surface area contributed by atoms with Gasteiger partial charge in [-0.2, -0.15) is 0 Å². The minimum atomic E-state index is 0.667. The third-order valence-corrected chi connectivity index (χ3v) is 10.8. The van der Waals surface area contributed by atoms with Crippen molar-refractivity contribution in [3.8, 4) is 61.7 Å². The third kappa shape index (κ3) is 5.31. The number of fused-ring (bicyclic) bond motifs is 6. The first-order valence-corrected chi connectivity index (χ1v) is 18.9. The van der Waals surface area contributed by atoms with Gasteiger partial charge in [0.15, 0.2) is 11.4 Å². The lowest BCUT2D eigenvalue weighted by atomic mass is 9.95. The highest BCUT2D eigenvalue weighted by Crippen LogP contribution is 2.41. The van der Waals surface area contributed by atoms with E-state index in [1.165, 1.54) is 27.4 Å². The molecule has 0 atom stereocenters. The van der Waals surface area contributed by atoms with Gasteiger partial charge in [0.05, 0.1) is 11.0 Å². The molecule has 56 heavy (non-hydrogen) atoms. The van der Waals surface area contributed by atoms with Gasteiger partial charge >= 0.3 is 0 Å². The molecule has 0 aliphatic heterocycles. The second kappa shape index (κ2) is 13.1. The topological polar surface area (TPSA) is 43.9 Å². The minimum absolute atomic E-state index is 0.667. The minimum Gasteiger partial charge on any atom is -0.452 e. The lowest BCUT2D eigenvalue weighted by molar-refractivity contribution is 0.667. The highest BCUT2D eigenvalue weighted by Gasteiger charge is 2.20. The average Bonchev–Trinajstić information content (AvgIpc) is 3.82. The molecule has 4 heteroatoms. The first-order valence-electron chi connectivity index (χ1n) is 18.9. The van der Waals surface area contributed by atoms with Gasteiger partial charge in [-0.3, -0.25) is 0 Å². The highest BCUT2D eigenvalue weighted by molar-refractivity contribution is 6.16. The lowest BCUT2D eigenvalue weighted by Gasteiger charge is -2.10. The van der Waals surface area contributed by atoms with E-state index in [4.69, 9.17) is 14.4 Å². The molecular formula is C52H33N3O. The van der Waals surface area contributed by atoms with Crippen molar-refractivity contribution in [2.45, 2.75) is 0 Å². The van der Waals surface area contributed by atoms with Gasteiger partial charge in [-0.1, -0.05) is 152 Å². The van der Waals surface area contributed by atoms with Gasteiger partial charge in [-0.15, -0.1) is 0 Å². The zero-order chi connectivity index (χ0) is 37.0. The van der Waals surface area contributed by atoms with Crippen LogP contribution in [0.2, 0.25) is 0 Å². The van der Waals surface area contributed by atoms with Crippen LogP contribution in [-0.2, 0) is 0 Å². The summed E-state index contributed by atoms with van der Waals surface area (Å²) in [5, 5.41) is 3.43. The number of furan rings is 1. The number of hydrogen-bond acceptors (Lipinski definition) is 3. The first kappa shape index (κ1) is 31.9. The van der Waals surface area contributed by atoms with Crippen molar-refractivity contribution in [3.63, 3.8) is 0 Å². The van der Waals surface area contributed by atoms with E-state index >= 15 is 0 Å². The molecule has 8 aromatic carbocycles. The van der Waals surface area contributed by atoms with Crippen LogP contribution in [0.15, 0.2) is 205 Å². The Labute approximate surface area is 323 Å². The summed E-state index contributed by atoms with van der Waals surface area (Å²) in [6, 6.07) is 70.3. The van der Waals surface area contributed by atoms with Gasteiger partial charge in [0.2, 0.25) is 0 Å². The first-order chi connectivity index (χ1) is 27.8. The van der Waals surface area contributed by atoms with E-state index in [2.05, 4.69) is 180 Å². The van der Waals surface area contributed by atoms with Crippen LogP contribution in [0.4, 0.5) is 0 Å². The molecule has 0 saturated carbocycles. The van der Waals surface area contributed by atoms with Crippen molar-refractivity contribution < 1.29 is 4.42 Å². The summed E-state index contributed by atoms with van der Waals surface area (Å²) < 4.78 is 9.14. The predicted octanol–water partition coefficient (Wildman–Crippen LogP) is 13.8. The van der Waals surface area contributed by atoms with Crippen LogP contribution in [0.25, 0.3) is 106 Å². The summed E-state index contributed by atoms with van der Waals surface area (Å²) in [6.45, 7) is 0. The summed E-state index contributed by atoms with van der Waals surface area (Å²) in [6.07, 6.45) is 0. The summed E-state index contributed by atoms with van der Waals surface area (Å²) in [7, 11) is 0. The lowest BCUT2D eigenvalue weighted by Crippen LogP contribution is -1.94. The van der Waals surface area contributed by atoms with Crippen molar-refractivity contribution >= 4 is 43.9 Å². The van der Waals surface area contributed by atoms with Crippen molar-refractivity contribution in [1.82, 2.24) is 14.5 Å². The number of hydrogen-bond donors (Lipinski definition) is 0. The fourth-order valence-corrected chi connectivity index (χ4v) is 8.19. The second-order valence-electron chi connectivity index (χ2n) is 14.2. The zero-order valence-corrected chi connectivity index (χ0v) is 30.3. The van der Waals surface area contributed by atoms with Gasteiger partial charge in [0.1, 0.15) is 16.8 Å². The molecule has 0 saturated heterocycles. The maximum absolute atomic E-state index is 6.77. The summed E-state index contributed by atoms with van der Waals surface area (Å²) in [5.41, 5.74) is 15.3. The molecule has 3 heterocycles. The molecule has 262 valence electrons. The van der Waals surface area contributed by atoms with E-state index < -0.39 is 0 Å². The van der Waals surface area contributed by atoms with E-state index in [9.17, 15) is 0 Å². The standard InChI is InChI=1S/C52H33N3O/c1-4-15-34(16-5-1)36-19-13-22-40(32-36)49-51-50(54-52(53-49)35-17-6-2-7-18-35)44-30-29-38(33-47(44)56-51)37-20-12-21-39(31-37)42-26-14-28-46-48(42)43-25-10-11-27-45(43)55(46)41-23-8-3-9-24-41/h1-33H. The van der Waals surface area contributed by atoms with Gasteiger partial charge in [-0.25, -0.2) is 9.97 Å². The summed E-state index contributed by atoms with van der Waals surface area (Å²) >= 11 is 0. The molecule has 3 aromatic heterocycles. The van der Waals surface area contributed by atoms with Gasteiger partial charge < -0.3 is 8.98 Å². The van der Waals surface area contributed by atoms with Crippen molar-refractivity contribution in [1.29, 1.82) is 0 Å². The third-order valence-electron chi connectivity index (χ3n) is 10.8. The van der Waals surface area contributed by atoms with Crippen LogP contribution in [0, 0.1) is 0 Å². The Morgan fingerprint density at radius 2 is 0.982 bits per heavy atom. The normalized spacial score (nSPS) is 11.6. The van der Waals surface area contributed by atoms with Crippen molar-refractivity contribution in [2.24, 2.45) is 0 Å². The van der Waals surface area contributed by atoms with Crippen LogP contribution < -0.4 is 0 Å². The van der Waals surface area contributed by atoms with E-state index in [1.807, 2.05) is 24.3 Å². The molecule has 0 amide bonds. The van der Waals surface area contributed by atoms with E-state index in [0.717, 1.165) is 66.8 Å². The molecule has 0 N–H and O–H groups in total. The molecule has 11 rings (SSSR count). The Morgan fingerprint density at radius 3 is 1.79 bits per heavy atom. The fraction of sp³-hybridized carbons (Fsp3) is 0. The Balaban J connectivity index is 1.06. The fourth-order valence-electron chi connectivity index (χ4n) is 8.19. The Hall–Kier alpha value is -7.56. The molecular weight excluding hydrogens is 683 g/mol. The van der Waals surface area contributed by atoms with E-state index in [-0.39, 0.29) is 0 Å². The average molecular weight is 716 g/mol. The second-order valence-corrected chi connectivity index (χ2v) is 14.2. The monoisotopic (exact) mass is 715 g/mol. The molecule has 0 unspecified atom stereocenters. The van der Waals surface area contributed by atoms with Gasteiger partial charge in [-0.05, 0) is 81.9 Å². The molecule has 0 radical (unpaired) electrons. The molecule has 11 aromatic rings. The number of rotatable bonds is 6. The SMILES string of the molecule is c1ccc(-c2cccc(-c3nc(-c4ccccc4)nc4c3oc3cc(-c5cccc(-c6cccc7c6c6ccccc6n7-c6ccccc6)c5)ccc34)c2)cc1. The molecule has 0 bridgehead atoms. The van der Waals surface area contributed by atoms with Crippen LogP contribution in [-0.4, -0.2) is 14.5 Å². The molecule has 0 spiro atoms. The van der Waals surface area contributed by atoms with E-state index in [0.29, 0.717) is 11.4 Å². The smallest absolute Gasteiger partial charge is 0.180 e. The van der Waals surface area contributed by atoms with Crippen LogP contribution in [0.3, 0.4) is 0 Å². The summed E-state index contributed by atoms with van der Waals surface area (Å²) in [5.74, 6) is 0.667. The van der Waals surface area contributed by atoms with Crippen LogP contribution >= 0.6 is 0 Å². The maximum atomic E-state index is 6.77. The number of benzene rings is 8. The van der Waals surface area contributed by atoms with E-state index in [1.54, 1.807) is 0 Å².